The van der Waals surface area contributed by atoms with Gasteiger partial charge in [0.05, 0.1) is 6.10 Å². The standard InChI is InChI=1S/C7H10O/c1-6-2-4-7(8)5-3-6/h2,4,7-8H,1,3,5H2. The molecule has 1 unspecified atom stereocenters. The van der Waals surface area contributed by atoms with Gasteiger partial charge in [-0.05, 0) is 12.8 Å². The van der Waals surface area contributed by atoms with Crippen molar-refractivity contribution < 1.29 is 5.11 Å². The number of rotatable bonds is 0. The highest BCUT2D eigenvalue weighted by atomic mass is 16.3. The van der Waals surface area contributed by atoms with E-state index in [0.717, 1.165) is 18.4 Å². The minimum atomic E-state index is -0.222. The monoisotopic (exact) mass is 110 g/mol. The lowest BCUT2D eigenvalue weighted by atomic mass is 10.0. The summed E-state index contributed by atoms with van der Waals surface area (Å²) < 4.78 is 0. The average Bonchev–Trinajstić information content (AvgIpc) is 1.77. The first kappa shape index (κ1) is 5.57. The fraction of sp³-hybridized carbons (Fsp3) is 0.429. The lowest BCUT2D eigenvalue weighted by molar-refractivity contribution is 0.210. The molecule has 0 aromatic heterocycles. The zero-order valence-electron chi connectivity index (χ0n) is 4.80. The number of aliphatic hydroxyl groups is 1. The molecule has 0 spiro atoms. The molecule has 0 aliphatic heterocycles. The molecule has 0 saturated heterocycles. The van der Waals surface area contributed by atoms with Crippen LogP contribution in [0.5, 0.6) is 0 Å². The van der Waals surface area contributed by atoms with E-state index in [4.69, 9.17) is 5.11 Å². The van der Waals surface area contributed by atoms with Crippen molar-refractivity contribution in [2.45, 2.75) is 18.9 Å². The van der Waals surface area contributed by atoms with Gasteiger partial charge in [0.15, 0.2) is 0 Å². The molecule has 0 amide bonds. The van der Waals surface area contributed by atoms with Crippen molar-refractivity contribution in [3.8, 4) is 0 Å². The first-order valence-corrected chi connectivity index (χ1v) is 2.83. The second-order valence-electron chi connectivity index (χ2n) is 2.12. The molecule has 0 fully saturated rings. The first-order chi connectivity index (χ1) is 3.79. The maximum atomic E-state index is 8.90. The molecule has 1 heteroatoms. The number of allylic oxidation sites excluding steroid dienone is 2. The fourth-order valence-electron chi connectivity index (χ4n) is 0.760. The van der Waals surface area contributed by atoms with Gasteiger partial charge in [-0.15, -0.1) is 0 Å². The smallest absolute Gasteiger partial charge is 0.0727 e. The Balaban J connectivity index is 2.55. The van der Waals surface area contributed by atoms with Crippen molar-refractivity contribution in [2.24, 2.45) is 0 Å². The second kappa shape index (κ2) is 2.14. The van der Waals surface area contributed by atoms with E-state index in [9.17, 15) is 0 Å². The third kappa shape index (κ3) is 1.20. The van der Waals surface area contributed by atoms with Crippen LogP contribution in [-0.4, -0.2) is 11.2 Å². The molecular formula is C7H10O. The zero-order chi connectivity index (χ0) is 5.98. The normalized spacial score (nSPS) is 28.6. The van der Waals surface area contributed by atoms with E-state index in [-0.39, 0.29) is 6.10 Å². The predicted molar refractivity (Wildman–Crippen MR) is 33.5 cm³/mol. The van der Waals surface area contributed by atoms with E-state index in [1.165, 1.54) is 0 Å². The molecule has 0 aromatic rings. The van der Waals surface area contributed by atoms with Crippen LogP contribution < -0.4 is 0 Å². The highest BCUT2D eigenvalue weighted by molar-refractivity contribution is 5.19. The van der Waals surface area contributed by atoms with Gasteiger partial charge in [-0.1, -0.05) is 24.3 Å². The summed E-state index contributed by atoms with van der Waals surface area (Å²) in [6.45, 7) is 3.75. The summed E-state index contributed by atoms with van der Waals surface area (Å²) in [7, 11) is 0. The lowest BCUT2D eigenvalue weighted by Gasteiger charge is -2.10. The Hall–Kier alpha value is -0.560. The van der Waals surface area contributed by atoms with Gasteiger partial charge in [-0.2, -0.15) is 0 Å². The van der Waals surface area contributed by atoms with Crippen LogP contribution in [0.4, 0.5) is 0 Å². The summed E-state index contributed by atoms with van der Waals surface area (Å²) in [5, 5.41) is 8.90. The van der Waals surface area contributed by atoms with Crippen molar-refractivity contribution in [3.05, 3.63) is 24.3 Å². The van der Waals surface area contributed by atoms with Crippen LogP contribution in [0.15, 0.2) is 24.3 Å². The molecule has 1 rings (SSSR count). The van der Waals surface area contributed by atoms with E-state index in [1.54, 1.807) is 6.08 Å². The minimum Gasteiger partial charge on any atom is -0.389 e. The predicted octanol–water partition coefficient (Wildman–Crippen LogP) is 1.25. The van der Waals surface area contributed by atoms with Crippen molar-refractivity contribution >= 4 is 0 Å². The summed E-state index contributed by atoms with van der Waals surface area (Å²) in [6.07, 6.45) is 5.23. The van der Waals surface area contributed by atoms with Gasteiger partial charge in [0, 0.05) is 0 Å². The van der Waals surface area contributed by atoms with Gasteiger partial charge >= 0.3 is 0 Å². The molecule has 1 atom stereocenters. The summed E-state index contributed by atoms with van der Waals surface area (Å²) in [6, 6.07) is 0. The van der Waals surface area contributed by atoms with E-state index in [2.05, 4.69) is 6.58 Å². The van der Waals surface area contributed by atoms with Crippen molar-refractivity contribution in [3.63, 3.8) is 0 Å². The summed E-state index contributed by atoms with van der Waals surface area (Å²) in [5.74, 6) is 0. The topological polar surface area (TPSA) is 20.2 Å². The fourth-order valence-corrected chi connectivity index (χ4v) is 0.760. The molecule has 1 nitrogen and oxygen atoms in total. The molecule has 8 heavy (non-hydrogen) atoms. The van der Waals surface area contributed by atoms with E-state index >= 15 is 0 Å². The molecule has 0 aromatic carbocycles. The van der Waals surface area contributed by atoms with Gasteiger partial charge in [-0.25, -0.2) is 0 Å². The highest BCUT2D eigenvalue weighted by Crippen LogP contribution is 2.13. The number of hydrogen-bond acceptors (Lipinski definition) is 1. The Morgan fingerprint density at radius 2 is 2.50 bits per heavy atom. The van der Waals surface area contributed by atoms with Crippen LogP contribution >= 0.6 is 0 Å². The zero-order valence-corrected chi connectivity index (χ0v) is 4.80. The highest BCUT2D eigenvalue weighted by Gasteiger charge is 2.03. The van der Waals surface area contributed by atoms with Crippen LogP contribution in [0.2, 0.25) is 0 Å². The minimum absolute atomic E-state index is 0.222. The molecule has 0 radical (unpaired) electrons. The van der Waals surface area contributed by atoms with Crippen LogP contribution in [-0.2, 0) is 0 Å². The molecule has 0 heterocycles. The number of aliphatic hydroxyl groups excluding tert-OH is 1. The maximum Gasteiger partial charge on any atom is 0.0727 e. The molecule has 0 saturated carbocycles. The molecular weight excluding hydrogens is 100 g/mol. The Bertz CT molecular complexity index is 124. The van der Waals surface area contributed by atoms with Crippen LogP contribution in [0, 0.1) is 0 Å². The van der Waals surface area contributed by atoms with Crippen molar-refractivity contribution in [1.29, 1.82) is 0 Å². The molecule has 1 aliphatic carbocycles. The van der Waals surface area contributed by atoms with Gasteiger partial charge in [0.25, 0.3) is 0 Å². The van der Waals surface area contributed by atoms with E-state index in [0.29, 0.717) is 0 Å². The average molecular weight is 110 g/mol. The molecule has 1 aliphatic rings. The van der Waals surface area contributed by atoms with Crippen LogP contribution in [0.3, 0.4) is 0 Å². The largest absolute Gasteiger partial charge is 0.389 e. The third-order valence-corrected chi connectivity index (χ3v) is 1.32. The van der Waals surface area contributed by atoms with Gasteiger partial charge < -0.3 is 5.11 Å². The molecule has 44 valence electrons. The number of hydrogen-bond donors (Lipinski definition) is 1. The van der Waals surface area contributed by atoms with Crippen LogP contribution in [0.25, 0.3) is 0 Å². The Morgan fingerprint density at radius 3 is 2.88 bits per heavy atom. The summed E-state index contributed by atoms with van der Waals surface area (Å²) >= 11 is 0. The van der Waals surface area contributed by atoms with Gasteiger partial charge in [-0.3, -0.25) is 0 Å². The third-order valence-electron chi connectivity index (χ3n) is 1.32. The van der Waals surface area contributed by atoms with E-state index in [1.807, 2.05) is 6.08 Å². The lowest BCUT2D eigenvalue weighted by Crippen LogP contribution is -2.05. The first-order valence-electron chi connectivity index (χ1n) is 2.83. The van der Waals surface area contributed by atoms with Gasteiger partial charge in [0.1, 0.15) is 0 Å². The quantitative estimate of drug-likeness (QED) is 0.497. The van der Waals surface area contributed by atoms with Gasteiger partial charge in [0.2, 0.25) is 0 Å². The Labute approximate surface area is 49.3 Å². The molecule has 0 bridgehead atoms. The Morgan fingerprint density at radius 1 is 1.75 bits per heavy atom. The maximum absolute atomic E-state index is 8.90. The molecule has 1 N–H and O–H groups in total. The van der Waals surface area contributed by atoms with Crippen LogP contribution in [0.1, 0.15) is 12.8 Å². The summed E-state index contributed by atoms with van der Waals surface area (Å²) in [5.41, 5.74) is 1.12. The van der Waals surface area contributed by atoms with Crippen molar-refractivity contribution in [2.75, 3.05) is 0 Å². The second-order valence-corrected chi connectivity index (χ2v) is 2.12. The van der Waals surface area contributed by atoms with E-state index < -0.39 is 0 Å². The van der Waals surface area contributed by atoms with Crippen molar-refractivity contribution in [1.82, 2.24) is 0 Å². The SMILES string of the molecule is C=C1C=CC(O)CC1. The Kier molecular flexibility index (Phi) is 1.49. The summed E-state index contributed by atoms with van der Waals surface area (Å²) in [4.78, 5) is 0.